The van der Waals surface area contributed by atoms with Gasteiger partial charge in [-0.1, -0.05) is 22.0 Å². The van der Waals surface area contributed by atoms with E-state index in [9.17, 15) is 13.6 Å². The van der Waals surface area contributed by atoms with Crippen LogP contribution in [0.15, 0.2) is 40.9 Å². The SMILES string of the molecule is O=C(O)c1ccc(COc2cc(Br)ccc2F)cc1F. The van der Waals surface area contributed by atoms with Gasteiger partial charge in [0.05, 0.1) is 5.56 Å². The van der Waals surface area contributed by atoms with Crippen molar-refractivity contribution in [2.75, 3.05) is 0 Å². The van der Waals surface area contributed by atoms with E-state index in [0.29, 0.717) is 10.0 Å². The van der Waals surface area contributed by atoms with Crippen molar-refractivity contribution in [3.05, 3.63) is 63.6 Å². The highest BCUT2D eigenvalue weighted by molar-refractivity contribution is 9.10. The number of carbonyl (C=O) groups is 1. The second kappa shape index (κ2) is 6.00. The van der Waals surface area contributed by atoms with Crippen LogP contribution >= 0.6 is 15.9 Å². The number of hydrogen-bond acceptors (Lipinski definition) is 2. The second-order valence-corrected chi connectivity index (χ2v) is 4.90. The summed E-state index contributed by atoms with van der Waals surface area (Å²) in [6.07, 6.45) is 0. The Kier molecular flexibility index (Phi) is 4.34. The molecule has 0 bridgehead atoms. The molecule has 0 saturated heterocycles. The van der Waals surface area contributed by atoms with Crippen LogP contribution in [0.3, 0.4) is 0 Å². The van der Waals surface area contributed by atoms with Gasteiger partial charge in [-0.3, -0.25) is 0 Å². The largest absolute Gasteiger partial charge is 0.486 e. The van der Waals surface area contributed by atoms with Crippen molar-refractivity contribution >= 4 is 21.9 Å². The van der Waals surface area contributed by atoms with Crippen LogP contribution < -0.4 is 4.74 Å². The molecular formula is C14H9BrF2O3. The molecule has 0 aromatic heterocycles. The molecule has 6 heteroatoms. The fourth-order valence-corrected chi connectivity index (χ4v) is 1.91. The maximum Gasteiger partial charge on any atom is 0.338 e. The normalized spacial score (nSPS) is 10.3. The Morgan fingerprint density at radius 2 is 1.90 bits per heavy atom. The summed E-state index contributed by atoms with van der Waals surface area (Å²) in [7, 11) is 0. The van der Waals surface area contributed by atoms with Gasteiger partial charge in [0.15, 0.2) is 11.6 Å². The Hall–Kier alpha value is -1.95. The lowest BCUT2D eigenvalue weighted by Crippen LogP contribution is -2.03. The van der Waals surface area contributed by atoms with Crippen LogP contribution in [0.25, 0.3) is 0 Å². The number of carboxylic acids is 1. The Balaban J connectivity index is 2.13. The molecule has 0 spiro atoms. The fraction of sp³-hybridized carbons (Fsp3) is 0.0714. The van der Waals surface area contributed by atoms with E-state index in [4.69, 9.17) is 9.84 Å². The van der Waals surface area contributed by atoms with E-state index in [1.807, 2.05) is 0 Å². The maximum atomic E-state index is 13.5. The Bertz CT molecular complexity index is 659. The van der Waals surface area contributed by atoms with Crippen LogP contribution in [0.2, 0.25) is 0 Å². The van der Waals surface area contributed by atoms with Gasteiger partial charge in [-0.15, -0.1) is 0 Å². The van der Waals surface area contributed by atoms with Crippen LogP contribution in [0.4, 0.5) is 8.78 Å². The Morgan fingerprint density at radius 3 is 2.55 bits per heavy atom. The van der Waals surface area contributed by atoms with Crippen LogP contribution in [0.1, 0.15) is 15.9 Å². The molecule has 0 radical (unpaired) electrons. The lowest BCUT2D eigenvalue weighted by Gasteiger charge is -2.08. The van der Waals surface area contributed by atoms with Crippen LogP contribution in [-0.2, 0) is 6.61 Å². The first-order valence-electron chi connectivity index (χ1n) is 5.57. The summed E-state index contributed by atoms with van der Waals surface area (Å²) < 4.78 is 32.8. The molecule has 0 amide bonds. The quantitative estimate of drug-likeness (QED) is 0.913. The van der Waals surface area contributed by atoms with Gasteiger partial charge in [0.25, 0.3) is 0 Å². The fourth-order valence-electron chi connectivity index (χ4n) is 1.57. The summed E-state index contributed by atoms with van der Waals surface area (Å²) in [4.78, 5) is 10.7. The highest BCUT2D eigenvalue weighted by atomic mass is 79.9. The third-order valence-corrected chi connectivity index (χ3v) is 3.04. The van der Waals surface area contributed by atoms with E-state index in [0.717, 1.165) is 12.1 Å². The van der Waals surface area contributed by atoms with E-state index >= 15 is 0 Å². The first-order valence-corrected chi connectivity index (χ1v) is 6.36. The van der Waals surface area contributed by atoms with Gasteiger partial charge in [0, 0.05) is 4.47 Å². The van der Waals surface area contributed by atoms with Gasteiger partial charge < -0.3 is 9.84 Å². The molecule has 0 aliphatic rings. The first kappa shape index (κ1) is 14.5. The summed E-state index contributed by atoms with van der Waals surface area (Å²) in [5, 5.41) is 8.71. The molecule has 2 aromatic carbocycles. The second-order valence-electron chi connectivity index (χ2n) is 3.98. The smallest absolute Gasteiger partial charge is 0.338 e. The van der Waals surface area contributed by atoms with Crippen molar-refractivity contribution in [2.24, 2.45) is 0 Å². The molecular weight excluding hydrogens is 334 g/mol. The predicted octanol–water partition coefficient (Wildman–Crippen LogP) is 4.00. The van der Waals surface area contributed by atoms with Crippen LogP contribution in [-0.4, -0.2) is 11.1 Å². The van der Waals surface area contributed by atoms with Crippen molar-refractivity contribution in [1.29, 1.82) is 0 Å². The molecule has 1 N–H and O–H groups in total. The molecule has 0 aliphatic heterocycles. The third-order valence-electron chi connectivity index (χ3n) is 2.55. The zero-order valence-electron chi connectivity index (χ0n) is 10.1. The molecule has 2 rings (SSSR count). The standard InChI is InChI=1S/C14H9BrF2O3/c15-9-2-4-11(16)13(6-9)20-7-8-1-3-10(14(18)19)12(17)5-8/h1-6H,7H2,(H,18,19). The van der Waals surface area contributed by atoms with E-state index in [2.05, 4.69) is 15.9 Å². The molecule has 0 atom stereocenters. The zero-order chi connectivity index (χ0) is 14.7. The molecule has 3 nitrogen and oxygen atoms in total. The number of hydrogen-bond donors (Lipinski definition) is 1. The van der Waals surface area contributed by atoms with Crippen molar-refractivity contribution in [1.82, 2.24) is 0 Å². The minimum Gasteiger partial charge on any atom is -0.486 e. The van der Waals surface area contributed by atoms with Gasteiger partial charge in [0.1, 0.15) is 12.4 Å². The number of halogens is 3. The molecule has 0 heterocycles. The number of carboxylic acid groups (broad SMARTS) is 1. The highest BCUT2D eigenvalue weighted by Gasteiger charge is 2.11. The lowest BCUT2D eigenvalue weighted by atomic mass is 10.1. The minimum absolute atomic E-state index is 0.0297. The Morgan fingerprint density at radius 1 is 1.15 bits per heavy atom. The Labute approximate surface area is 121 Å². The monoisotopic (exact) mass is 342 g/mol. The van der Waals surface area contributed by atoms with E-state index < -0.39 is 23.2 Å². The maximum absolute atomic E-state index is 13.5. The lowest BCUT2D eigenvalue weighted by molar-refractivity contribution is 0.0692. The zero-order valence-corrected chi connectivity index (χ0v) is 11.7. The van der Waals surface area contributed by atoms with Crippen molar-refractivity contribution < 1.29 is 23.4 Å². The van der Waals surface area contributed by atoms with Crippen molar-refractivity contribution in [3.63, 3.8) is 0 Å². The summed E-state index contributed by atoms with van der Waals surface area (Å²) >= 11 is 3.19. The third kappa shape index (κ3) is 3.33. The van der Waals surface area contributed by atoms with Crippen molar-refractivity contribution in [2.45, 2.75) is 6.61 Å². The minimum atomic E-state index is -1.34. The van der Waals surface area contributed by atoms with Crippen LogP contribution in [0.5, 0.6) is 5.75 Å². The molecule has 20 heavy (non-hydrogen) atoms. The summed E-state index contributed by atoms with van der Waals surface area (Å²) in [6.45, 7) is -0.0653. The van der Waals surface area contributed by atoms with Gasteiger partial charge in [-0.05, 0) is 35.9 Å². The van der Waals surface area contributed by atoms with E-state index in [1.165, 1.54) is 24.3 Å². The van der Waals surface area contributed by atoms with Gasteiger partial charge in [-0.2, -0.15) is 0 Å². The summed E-state index contributed by atoms with van der Waals surface area (Å²) in [5.74, 6) is -2.70. The average Bonchev–Trinajstić information content (AvgIpc) is 2.39. The molecule has 0 fully saturated rings. The van der Waals surface area contributed by atoms with Crippen LogP contribution in [0, 0.1) is 11.6 Å². The van der Waals surface area contributed by atoms with E-state index in [-0.39, 0.29) is 12.4 Å². The van der Waals surface area contributed by atoms with E-state index in [1.54, 1.807) is 0 Å². The highest BCUT2D eigenvalue weighted by Crippen LogP contribution is 2.23. The number of rotatable bonds is 4. The number of benzene rings is 2. The summed E-state index contributed by atoms with van der Waals surface area (Å²) in [6, 6.07) is 7.85. The van der Waals surface area contributed by atoms with Gasteiger partial charge >= 0.3 is 5.97 Å². The molecule has 104 valence electrons. The van der Waals surface area contributed by atoms with Gasteiger partial charge in [-0.25, -0.2) is 13.6 Å². The topological polar surface area (TPSA) is 46.5 Å². The first-order chi connectivity index (χ1) is 9.47. The number of ether oxygens (including phenoxy) is 1. The average molecular weight is 343 g/mol. The summed E-state index contributed by atoms with van der Waals surface area (Å²) in [5.41, 5.74) is -0.00531. The number of aromatic carboxylic acids is 1. The molecule has 0 unspecified atom stereocenters. The molecule has 0 saturated carbocycles. The van der Waals surface area contributed by atoms with Crippen molar-refractivity contribution in [3.8, 4) is 5.75 Å². The van der Waals surface area contributed by atoms with Gasteiger partial charge in [0.2, 0.25) is 0 Å². The molecule has 0 aliphatic carbocycles. The predicted molar refractivity (Wildman–Crippen MR) is 71.8 cm³/mol. The molecule has 2 aromatic rings.